The SMILES string of the molecule is CN(C=O)c1ccc(C(=O)c2cc(Br)ccc2Br)cc1. The summed E-state index contributed by atoms with van der Waals surface area (Å²) in [6, 6.07) is 12.4. The number of anilines is 1. The van der Waals surface area contributed by atoms with Gasteiger partial charge in [0.2, 0.25) is 6.41 Å². The molecule has 0 aliphatic rings. The lowest BCUT2D eigenvalue weighted by Crippen LogP contribution is -2.13. The van der Waals surface area contributed by atoms with E-state index in [1.165, 1.54) is 4.90 Å². The van der Waals surface area contributed by atoms with E-state index in [0.717, 1.165) is 21.0 Å². The Morgan fingerprint density at radius 3 is 2.35 bits per heavy atom. The number of hydrogen-bond donors (Lipinski definition) is 0. The van der Waals surface area contributed by atoms with Crippen LogP contribution in [-0.2, 0) is 4.79 Å². The molecule has 102 valence electrons. The van der Waals surface area contributed by atoms with Crippen molar-refractivity contribution >= 4 is 49.7 Å². The molecule has 0 aromatic heterocycles. The molecule has 2 aromatic carbocycles. The minimum atomic E-state index is -0.0709. The number of carbonyl (C=O) groups excluding carboxylic acids is 2. The lowest BCUT2D eigenvalue weighted by Gasteiger charge is -2.11. The number of ketones is 1. The van der Waals surface area contributed by atoms with Crippen LogP contribution in [0.1, 0.15) is 15.9 Å². The summed E-state index contributed by atoms with van der Waals surface area (Å²) < 4.78 is 1.60. The normalized spacial score (nSPS) is 10.2. The highest BCUT2D eigenvalue weighted by Crippen LogP contribution is 2.24. The third-order valence-electron chi connectivity index (χ3n) is 2.87. The zero-order chi connectivity index (χ0) is 14.7. The van der Waals surface area contributed by atoms with Crippen molar-refractivity contribution in [3.05, 3.63) is 62.5 Å². The Morgan fingerprint density at radius 2 is 1.75 bits per heavy atom. The molecule has 0 spiro atoms. The zero-order valence-electron chi connectivity index (χ0n) is 10.6. The van der Waals surface area contributed by atoms with Gasteiger partial charge in [0, 0.05) is 32.8 Å². The number of hydrogen-bond acceptors (Lipinski definition) is 2. The molecule has 0 saturated heterocycles. The van der Waals surface area contributed by atoms with Crippen molar-refractivity contribution in [3.63, 3.8) is 0 Å². The van der Waals surface area contributed by atoms with Crippen molar-refractivity contribution in [3.8, 4) is 0 Å². The fraction of sp³-hybridized carbons (Fsp3) is 0.0667. The molecule has 0 bridgehead atoms. The summed E-state index contributed by atoms with van der Waals surface area (Å²) in [5.41, 5.74) is 1.91. The number of halogens is 2. The molecule has 2 rings (SSSR count). The average Bonchev–Trinajstić information content (AvgIpc) is 2.48. The Balaban J connectivity index is 2.34. The quantitative estimate of drug-likeness (QED) is 0.577. The number of benzene rings is 2. The van der Waals surface area contributed by atoms with E-state index >= 15 is 0 Å². The third kappa shape index (κ3) is 3.16. The van der Waals surface area contributed by atoms with E-state index in [4.69, 9.17) is 0 Å². The molecule has 2 aromatic rings. The maximum atomic E-state index is 12.4. The fourth-order valence-corrected chi connectivity index (χ4v) is 2.52. The lowest BCUT2D eigenvalue weighted by atomic mass is 10.0. The molecule has 1 amide bonds. The van der Waals surface area contributed by atoms with Gasteiger partial charge in [-0.15, -0.1) is 0 Å². The van der Waals surface area contributed by atoms with E-state index in [-0.39, 0.29) is 5.78 Å². The molecule has 0 heterocycles. The van der Waals surface area contributed by atoms with Gasteiger partial charge in [-0.05, 0) is 42.5 Å². The monoisotopic (exact) mass is 395 g/mol. The van der Waals surface area contributed by atoms with Crippen LogP contribution in [0.2, 0.25) is 0 Å². The van der Waals surface area contributed by atoms with E-state index < -0.39 is 0 Å². The van der Waals surface area contributed by atoms with Crippen molar-refractivity contribution in [2.24, 2.45) is 0 Å². The topological polar surface area (TPSA) is 37.4 Å². The van der Waals surface area contributed by atoms with Gasteiger partial charge in [0.1, 0.15) is 0 Å². The number of carbonyl (C=O) groups is 2. The molecule has 3 nitrogen and oxygen atoms in total. The predicted molar refractivity (Wildman–Crippen MR) is 86.2 cm³/mol. The largest absolute Gasteiger partial charge is 0.318 e. The molecule has 0 unspecified atom stereocenters. The van der Waals surface area contributed by atoms with Gasteiger partial charge in [-0.2, -0.15) is 0 Å². The van der Waals surface area contributed by atoms with Gasteiger partial charge in [-0.1, -0.05) is 31.9 Å². The van der Waals surface area contributed by atoms with Crippen LogP contribution in [0.3, 0.4) is 0 Å². The number of rotatable bonds is 4. The van der Waals surface area contributed by atoms with E-state index in [2.05, 4.69) is 31.9 Å². The first-order valence-corrected chi connectivity index (χ1v) is 7.39. The summed E-state index contributed by atoms with van der Waals surface area (Å²) in [5, 5.41) is 0. The zero-order valence-corrected chi connectivity index (χ0v) is 13.8. The predicted octanol–water partition coefficient (Wildman–Crippen LogP) is 4.04. The molecule has 0 aliphatic heterocycles. The molecule has 20 heavy (non-hydrogen) atoms. The average molecular weight is 397 g/mol. The second kappa shape index (κ2) is 6.33. The Labute approximate surface area is 133 Å². The lowest BCUT2D eigenvalue weighted by molar-refractivity contribution is -0.107. The highest BCUT2D eigenvalue weighted by atomic mass is 79.9. The van der Waals surface area contributed by atoms with Crippen LogP contribution in [0.4, 0.5) is 5.69 Å². The molecule has 0 saturated carbocycles. The summed E-state index contributed by atoms with van der Waals surface area (Å²) in [6.45, 7) is 0. The molecule has 0 fully saturated rings. The summed E-state index contributed by atoms with van der Waals surface area (Å²) in [4.78, 5) is 24.6. The van der Waals surface area contributed by atoms with Crippen molar-refractivity contribution in [1.82, 2.24) is 0 Å². The Bertz CT molecular complexity index is 653. The first-order valence-electron chi connectivity index (χ1n) is 5.81. The minimum absolute atomic E-state index is 0.0709. The molecular weight excluding hydrogens is 386 g/mol. The maximum absolute atomic E-state index is 12.4. The van der Waals surface area contributed by atoms with Crippen LogP contribution in [0, 0.1) is 0 Å². The first kappa shape index (κ1) is 14.9. The van der Waals surface area contributed by atoms with Crippen molar-refractivity contribution in [2.75, 3.05) is 11.9 Å². The third-order valence-corrected chi connectivity index (χ3v) is 4.05. The second-order valence-electron chi connectivity index (χ2n) is 4.22. The summed E-state index contributed by atoms with van der Waals surface area (Å²) in [7, 11) is 1.66. The van der Waals surface area contributed by atoms with E-state index in [9.17, 15) is 9.59 Å². The first-order chi connectivity index (χ1) is 9.52. The van der Waals surface area contributed by atoms with Gasteiger partial charge in [-0.3, -0.25) is 9.59 Å². The van der Waals surface area contributed by atoms with Crippen molar-refractivity contribution in [1.29, 1.82) is 0 Å². The summed E-state index contributed by atoms with van der Waals surface area (Å²) in [5.74, 6) is -0.0709. The Kier molecular flexibility index (Phi) is 4.73. The van der Waals surface area contributed by atoms with Gasteiger partial charge >= 0.3 is 0 Å². The van der Waals surface area contributed by atoms with Crippen LogP contribution < -0.4 is 4.90 Å². The second-order valence-corrected chi connectivity index (χ2v) is 5.99. The molecule has 0 atom stereocenters. The van der Waals surface area contributed by atoms with Crippen molar-refractivity contribution in [2.45, 2.75) is 0 Å². The standard InChI is InChI=1S/C15H11Br2NO2/c1-18(9-19)12-5-2-10(3-6-12)15(20)13-8-11(16)4-7-14(13)17/h2-9H,1H3. The number of nitrogens with zero attached hydrogens (tertiary/aromatic N) is 1. The van der Waals surface area contributed by atoms with Gasteiger partial charge in [0.15, 0.2) is 5.78 Å². The molecule has 0 radical (unpaired) electrons. The van der Waals surface area contributed by atoms with Gasteiger partial charge < -0.3 is 4.90 Å². The summed E-state index contributed by atoms with van der Waals surface area (Å²) >= 11 is 6.74. The van der Waals surface area contributed by atoms with Crippen LogP contribution in [0.5, 0.6) is 0 Å². The fourth-order valence-electron chi connectivity index (χ4n) is 1.74. The highest BCUT2D eigenvalue weighted by Gasteiger charge is 2.13. The maximum Gasteiger partial charge on any atom is 0.213 e. The molecule has 5 heteroatoms. The van der Waals surface area contributed by atoms with Crippen LogP contribution in [-0.4, -0.2) is 19.2 Å². The molecule has 0 aliphatic carbocycles. The van der Waals surface area contributed by atoms with Gasteiger partial charge in [-0.25, -0.2) is 0 Å². The Morgan fingerprint density at radius 1 is 1.10 bits per heavy atom. The smallest absolute Gasteiger partial charge is 0.213 e. The van der Waals surface area contributed by atoms with Gasteiger partial charge in [0.25, 0.3) is 0 Å². The van der Waals surface area contributed by atoms with Crippen LogP contribution >= 0.6 is 31.9 Å². The van der Waals surface area contributed by atoms with E-state index in [1.54, 1.807) is 37.4 Å². The van der Waals surface area contributed by atoms with E-state index in [0.29, 0.717) is 11.1 Å². The van der Waals surface area contributed by atoms with E-state index in [1.807, 2.05) is 12.1 Å². The van der Waals surface area contributed by atoms with Crippen LogP contribution in [0.15, 0.2) is 51.4 Å². The highest BCUT2D eigenvalue weighted by molar-refractivity contribution is 9.11. The number of amides is 1. The van der Waals surface area contributed by atoms with Gasteiger partial charge in [0.05, 0.1) is 0 Å². The molecule has 0 N–H and O–H groups in total. The molecular formula is C15H11Br2NO2. The van der Waals surface area contributed by atoms with Crippen LogP contribution in [0.25, 0.3) is 0 Å². The summed E-state index contributed by atoms with van der Waals surface area (Å²) in [6.07, 6.45) is 0.724. The minimum Gasteiger partial charge on any atom is -0.318 e. The Hall–Kier alpha value is -1.46. The van der Waals surface area contributed by atoms with Crippen molar-refractivity contribution < 1.29 is 9.59 Å².